The first-order valence-corrected chi connectivity index (χ1v) is 9.19. The van der Waals surface area contributed by atoms with Gasteiger partial charge in [0.2, 0.25) is 6.17 Å². The first-order valence-electron chi connectivity index (χ1n) is 9.19. The lowest BCUT2D eigenvalue weighted by molar-refractivity contribution is 0.242. The molecule has 1 aromatic rings. The molecule has 2 unspecified atom stereocenters. The van der Waals surface area contributed by atoms with Gasteiger partial charge in [0, 0.05) is 0 Å². The Hall–Kier alpha value is -1.57. The molecule has 2 rings (SSSR count). The van der Waals surface area contributed by atoms with Gasteiger partial charge in [0.15, 0.2) is 12.4 Å². The van der Waals surface area contributed by atoms with E-state index in [1.54, 1.807) is 0 Å². The van der Waals surface area contributed by atoms with Gasteiger partial charge in [-0.1, -0.05) is 86.8 Å². The summed E-state index contributed by atoms with van der Waals surface area (Å²) in [5.41, 5.74) is 1.44. The van der Waals surface area contributed by atoms with Gasteiger partial charge >= 0.3 is 0 Å². The topological polar surface area (TPSA) is 24.7 Å². The van der Waals surface area contributed by atoms with Gasteiger partial charge in [-0.15, -0.1) is 0 Å². The van der Waals surface area contributed by atoms with Crippen LogP contribution in [0, 0.1) is 23.9 Å². The lowest BCUT2D eigenvalue weighted by Gasteiger charge is -2.28. The summed E-state index contributed by atoms with van der Waals surface area (Å²) in [6, 6.07) is 10.9. The predicted molar refractivity (Wildman–Crippen MR) is 101 cm³/mol. The van der Waals surface area contributed by atoms with Crippen LogP contribution in [0.4, 0.5) is 0 Å². The SMILES string of the molecule is CCCCCCC(Cc1ccccc1)C([C+]1N=CC=N1)C(C)C. The number of hydrogen-bond acceptors (Lipinski definition) is 2. The summed E-state index contributed by atoms with van der Waals surface area (Å²) < 4.78 is 0. The Morgan fingerprint density at radius 3 is 2.26 bits per heavy atom. The maximum atomic E-state index is 4.53. The molecule has 1 heterocycles. The van der Waals surface area contributed by atoms with Crippen molar-refractivity contribution in [3.05, 3.63) is 42.1 Å². The van der Waals surface area contributed by atoms with Crippen molar-refractivity contribution in [1.82, 2.24) is 0 Å². The number of unbranched alkanes of at least 4 members (excludes halogenated alkanes) is 3. The van der Waals surface area contributed by atoms with Crippen molar-refractivity contribution in [3.63, 3.8) is 0 Å². The fraction of sp³-hybridized carbons (Fsp3) is 0.571. The molecule has 0 spiro atoms. The molecule has 0 N–H and O–H groups in total. The maximum absolute atomic E-state index is 4.53. The third kappa shape index (κ3) is 5.53. The summed E-state index contributed by atoms with van der Waals surface area (Å²) in [5.74, 6) is 1.64. The van der Waals surface area contributed by atoms with Crippen LogP contribution in [0.1, 0.15) is 58.4 Å². The Labute approximate surface area is 142 Å². The molecule has 0 aliphatic carbocycles. The first kappa shape index (κ1) is 17.8. The largest absolute Gasteiger partial charge is 0.244 e. The molecule has 1 aliphatic rings. The lowest BCUT2D eigenvalue weighted by atomic mass is 9.75. The number of rotatable bonds is 10. The average Bonchev–Trinajstić information content (AvgIpc) is 3.06. The minimum absolute atomic E-state index is 0.451. The molecule has 2 atom stereocenters. The lowest BCUT2D eigenvalue weighted by Crippen LogP contribution is -2.26. The van der Waals surface area contributed by atoms with Crippen molar-refractivity contribution in [2.24, 2.45) is 27.7 Å². The Bertz CT molecular complexity index is 478. The van der Waals surface area contributed by atoms with Gasteiger partial charge in [-0.2, -0.15) is 0 Å². The monoisotopic (exact) mass is 311 g/mol. The number of nitrogens with zero attached hydrogens (tertiary/aromatic N) is 2. The van der Waals surface area contributed by atoms with Crippen molar-refractivity contribution in [2.75, 3.05) is 0 Å². The molecule has 23 heavy (non-hydrogen) atoms. The molecular formula is C21H31N2+. The molecule has 0 bridgehead atoms. The second-order valence-corrected chi connectivity index (χ2v) is 6.98. The fourth-order valence-corrected chi connectivity index (χ4v) is 3.64. The summed E-state index contributed by atoms with van der Waals surface area (Å²) in [5, 5.41) is 0. The first-order chi connectivity index (χ1) is 11.2. The zero-order valence-corrected chi connectivity index (χ0v) is 14.9. The van der Waals surface area contributed by atoms with Gasteiger partial charge in [0.1, 0.15) is 0 Å². The van der Waals surface area contributed by atoms with Gasteiger partial charge in [-0.3, -0.25) is 0 Å². The minimum Gasteiger partial charge on any atom is -0.0965 e. The highest BCUT2D eigenvalue weighted by Gasteiger charge is 2.37. The van der Waals surface area contributed by atoms with Crippen LogP contribution in [0.15, 0.2) is 40.3 Å². The molecule has 2 heteroatoms. The normalized spacial score (nSPS) is 16.3. The van der Waals surface area contributed by atoms with Crippen LogP contribution in [0.5, 0.6) is 0 Å². The van der Waals surface area contributed by atoms with E-state index in [0.29, 0.717) is 17.8 Å². The number of aliphatic imine (C=N–C) groups is 2. The van der Waals surface area contributed by atoms with E-state index in [1.807, 2.05) is 12.4 Å². The van der Waals surface area contributed by atoms with E-state index in [1.165, 1.54) is 37.7 Å². The molecule has 0 aromatic heterocycles. The standard InChI is InChI=1S/C21H31N2/c1-4-5-6-10-13-19(16-18-11-8-7-9-12-18)20(17(2)3)21-22-14-15-23-21/h7-9,11-12,14-15,17,19-20H,4-6,10,13,16H2,1-3H3/q+1. The zero-order valence-electron chi connectivity index (χ0n) is 14.9. The third-order valence-electron chi connectivity index (χ3n) is 4.77. The summed E-state index contributed by atoms with van der Waals surface area (Å²) in [6.45, 7) is 6.90. The Kier molecular flexibility index (Phi) is 7.38. The van der Waals surface area contributed by atoms with Crippen LogP contribution in [-0.2, 0) is 6.42 Å². The molecule has 0 fully saturated rings. The van der Waals surface area contributed by atoms with Crippen molar-refractivity contribution < 1.29 is 0 Å². The second-order valence-electron chi connectivity index (χ2n) is 6.98. The van der Waals surface area contributed by atoms with Crippen LogP contribution in [0.25, 0.3) is 0 Å². The van der Waals surface area contributed by atoms with Crippen molar-refractivity contribution in [1.29, 1.82) is 0 Å². The van der Waals surface area contributed by atoms with Crippen LogP contribution >= 0.6 is 0 Å². The van der Waals surface area contributed by atoms with E-state index >= 15 is 0 Å². The summed E-state index contributed by atoms with van der Waals surface area (Å²) in [6.07, 6.45) is 12.4. The van der Waals surface area contributed by atoms with E-state index in [0.717, 1.165) is 12.6 Å². The molecule has 124 valence electrons. The summed E-state index contributed by atoms with van der Waals surface area (Å²) in [4.78, 5) is 9.07. The number of hydrogen-bond donors (Lipinski definition) is 0. The quantitative estimate of drug-likeness (QED) is 0.389. The van der Waals surface area contributed by atoms with Gasteiger partial charge < -0.3 is 0 Å². The highest BCUT2D eigenvalue weighted by Crippen LogP contribution is 2.38. The Morgan fingerprint density at radius 2 is 1.65 bits per heavy atom. The minimum atomic E-state index is 0.451. The predicted octanol–water partition coefficient (Wildman–Crippen LogP) is 5.73. The molecule has 0 saturated carbocycles. The van der Waals surface area contributed by atoms with Crippen LogP contribution < -0.4 is 0 Å². The molecule has 1 aromatic carbocycles. The molecule has 1 aliphatic heterocycles. The van der Waals surface area contributed by atoms with Crippen LogP contribution in [0.3, 0.4) is 0 Å². The molecular weight excluding hydrogens is 280 g/mol. The fourth-order valence-electron chi connectivity index (χ4n) is 3.64. The van der Waals surface area contributed by atoms with Crippen LogP contribution in [0.2, 0.25) is 0 Å². The molecule has 2 nitrogen and oxygen atoms in total. The summed E-state index contributed by atoms with van der Waals surface area (Å²) in [7, 11) is 0. The third-order valence-corrected chi connectivity index (χ3v) is 4.77. The van der Waals surface area contributed by atoms with Crippen LogP contribution in [-0.4, -0.2) is 12.4 Å². The van der Waals surface area contributed by atoms with E-state index in [2.05, 4.69) is 61.1 Å². The van der Waals surface area contributed by atoms with Crippen molar-refractivity contribution in [3.8, 4) is 0 Å². The van der Waals surface area contributed by atoms with E-state index in [-0.39, 0.29) is 0 Å². The van der Waals surface area contributed by atoms with Crippen molar-refractivity contribution in [2.45, 2.75) is 59.3 Å². The van der Waals surface area contributed by atoms with Crippen molar-refractivity contribution >= 4 is 12.4 Å². The average molecular weight is 311 g/mol. The van der Waals surface area contributed by atoms with E-state index in [9.17, 15) is 0 Å². The van der Waals surface area contributed by atoms with Gasteiger partial charge in [0.05, 0.1) is 5.92 Å². The summed E-state index contributed by atoms with van der Waals surface area (Å²) >= 11 is 0. The Morgan fingerprint density at radius 1 is 0.957 bits per heavy atom. The highest BCUT2D eigenvalue weighted by molar-refractivity contribution is 6.18. The van der Waals surface area contributed by atoms with E-state index < -0.39 is 0 Å². The maximum Gasteiger partial charge on any atom is 0.244 e. The van der Waals surface area contributed by atoms with E-state index in [4.69, 9.17) is 0 Å². The van der Waals surface area contributed by atoms with Gasteiger partial charge in [0.25, 0.3) is 0 Å². The smallest absolute Gasteiger partial charge is 0.0965 e. The molecule has 0 saturated heterocycles. The second kappa shape index (κ2) is 9.54. The number of benzene rings is 1. The molecule has 0 radical (unpaired) electrons. The molecule has 0 amide bonds. The zero-order chi connectivity index (χ0) is 16.5. The van der Waals surface area contributed by atoms with Gasteiger partial charge in [-0.05, 0) is 30.2 Å². The highest BCUT2D eigenvalue weighted by atomic mass is 15.0. The van der Waals surface area contributed by atoms with Gasteiger partial charge in [-0.25, -0.2) is 0 Å². The Balaban J connectivity index is 2.09.